The van der Waals surface area contributed by atoms with E-state index in [-0.39, 0.29) is 6.03 Å². The average molecular weight is 238 g/mol. The summed E-state index contributed by atoms with van der Waals surface area (Å²) in [7, 11) is 3.72. The average Bonchev–Trinajstić information content (AvgIpc) is 2.45. The molecule has 0 spiro atoms. The molecule has 2 rings (SSSR count). The van der Waals surface area contributed by atoms with Gasteiger partial charge in [0.05, 0.1) is 0 Å². The maximum absolute atomic E-state index is 12.2. The highest BCUT2D eigenvalue weighted by molar-refractivity contribution is 5.75. The van der Waals surface area contributed by atoms with Gasteiger partial charge in [-0.2, -0.15) is 0 Å². The lowest BCUT2D eigenvalue weighted by atomic mass is 9.73. The number of hydrogen-bond donors (Lipinski definition) is 0. The normalized spacial score (nSPS) is 32.8. The van der Waals surface area contributed by atoms with Crippen molar-refractivity contribution >= 4 is 6.03 Å². The SMILES string of the molecule is CN(C)C(=O)N1C2CC[C@H]1CC(C(C)(C)C)C2. The lowest BCUT2D eigenvalue weighted by Gasteiger charge is -2.44. The Hall–Kier alpha value is -0.730. The van der Waals surface area contributed by atoms with Gasteiger partial charge >= 0.3 is 6.03 Å². The largest absolute Gasteiger partial charge is 0.331 e. The van der Waals surface area contributed by atoms with E-state index in [1.54, 1.807) is 4.90 Å². The highest BCUT2D eigenvalue weighted by Crippen LogP contribution is 2.45. The van der Waals surface area contributed by atoms with Crippen molar-refractivity contribution in [3.05, 3.63) is 0 Å². The summed E-state index contributed by atoms with van der Waals surface area (Å²) in [6, 6.07) is 1.20. The minimum atomic E-state index is 0.213. The maximum atomic E-state index is 12.2. The first-order valence-electron chi connectivity index (χ1n) is 6.80. The molecular weight excluding hydrogens is 212 g/mol. The lowest BCUT2D eigenvalue weighted by molar-refractivity contribution is 0.0651. The van der Waals surface area contributed by atoms with Crippen LogP contribution >= 0.6 is 0 Å². The summed E-state index contributed by atoms with van der Waals surface area (Å²) in [6.45, 7) is 7.00. The van der Waals surface area contributed by atoms with Crippen LogP contribution in [0.4, 0.5) is 4.79 Å². The topological polar surface area (TPSA) is 23.6 Å². The second kappa shape index (κ2) is 4.18. The van der Waals surface area contributed by atoms with E-state index in [0.29, 0.717) is 17.5 Å². The van der Waals surface area contributed by atoms with E-state index < -0.39 is 0 Å². The van der Waals surface area contributed by atoms with Crippen LogP contribution in [0.3, 0.4) is 0 Å². The molecule has 2 aliphatic heterocycles. The van der Waals surface area contributed by atoms with Gasteiger partial charge in [0.2, 0.25) is 0 Å². The molecule has 17 heavy (non-hydrogen) atoms. The van der Waals surface area contributed by atoms with Crippen LogP contribution in [0, 0.1) is 11.3 Å². The number of hydrogen-bond acceptors (Lipinski definition) is 1. The van der Waals surface area contributed by atoms with Crippen LogP contribution in [-0.2, 0) is 0 Å². The molecular formula is C14H26N2O. The van der Waals surface area contributed by atoms with Gasteiger partial charge in [0.15, 0.2) is 0 Å². The molecule has 2 fully saturated rings. The highest BCUT2D eigenvalue weighted by Gasteiger charge is 2.46. The van der Waals surface area contributed by atoms with Crippen LogP contribution in [-0.4, -0.2) is 42.0 Å². The predicted molar refractivity (Wildman–Crippen MR) is 69.9 cm³/mol. The van der Waals surface area contributed by atoms with Crippen LogP contribution in [0.5, 0.6) is 0 Å². The third-order valence-corrected chi connectivity index (χ3v) is 4.56. The Morgan fingerprint density at radius 2 is 1.59 bits per heavy atom. The molecule has 3 nitrogen and oxygen atoms in total. The van der Waals surface area contributed by atoms with Gasteiger partial charge in [-0.15, -0.1) is 0 Å². The van der Waals surface area contributed by atoms with Gasteiger partial charge in [0.25, 0.3) is 0 Å². The molecule has 0 saturated carbocycles. The Kier molecular flexibility index (Phi) is 3.13. The Morgan fingerprint density at radius 3 is 1.94 bits per heavy atom. The molecule has 2 aliphatic rings. The predicted octanol–water partition coefficient (Wildman–Crippen LogP) is 2.96. The second-order valence-electron chi connectivity index (χ2n) is 7.00. The van der Waals surface area contributed by atoms with Crippen LogP contribution in [0.25, 0.3) is 0 Å². The van der Waals surface area contributed by atoms with Crippen molar-refractivity contribution in [2.75, 3.05) is 14.1 Å². The van der Waals surface area contributed by atoms with Gasteiger partial charge in [-0.1, -0.05) is 20.8 Å². The van der Waals surface area contributed by atoms with Crippen molar-refractivity contribution in [3.8, 4) is 0 Å². The summed E-state index contributed by atoms with van der Waals surface area (Å²) in [4.78, 5) is 16.0. The summed E-state index contributed by atoms with van der Waals surface area (Å²) in [5.74, 6) is 0.770. The zero-order valence-corrected chi connectivity index (χ0v) is 11.9. The second-order valence-corrected chi connectivity index (χ2v) is 7.00. The van der Waals surface area contributed by atoms with E-state index >= 15 is 0 Å². The Bertz CT molecular complexity index is 292. The van der Waals surface area contributed by atoms with E-state index in [2.05, 4.69) is 25.7 Å². The van der Waals surface area contributed by atoms with E-state index in [0.717, 1.165) is 5.92 Å². The van der Waals surface area contributed by atoms with Crippen molar-refractivity contribution in [1.29, 1.82) is 0 Å². The molecule has 0 aromatic heterocycles. The van der Waals surface area contributed by atoms with Gasteiger partial charge < -0.3 is 9.80 Å². The van der Waals surface area contributed by atoms with Gasteiger partial charge in [-0.25, -0.2) is 4.79 Å². The Balaban J connectivity index is 2.11. The first kappa shape index (κ1) is 12.7. The number of piperidine rings is 1. The van der Waals surface area contributed by atoms with E-state index in [9.17, 15) is 4.79 Å². The maximum Gasteiger partial charge on any atom is 0.319 e. The Morgan fingerprint density at radius 1 is 1.12 bits per heavy atom. The van der Waals surface area contributed by atoms with Crippen molar-refractivity contribution in [1.82, 2.24) is 9.80 Å². The molecule has 3 heteroatoms. The molecule has 0 aromatic carbocycles. The lowest BCUT2D eigenvalue weighted by Crippen LogP contribution is -2.51. The number of carbonyl (C=O) groups excluding carboxylic acids is 1. The van der Waals surface area contributed by atoms with Gasteiger partial charge in [-0.05, 0) is 37.0 Å². The van der Waals surface area contributed by atoms with Crippen LogP contribution in [0.2, 0.25) is 0 Å². The molecule has 0 N–H and O–H groups in total. The first-order chi connectivity index (χ1) is 7.80. The zero-order chi connectivity index (χ0) is 12.8. The molecule has 2 amide bonds. The molecule has 98 valence electrons. The quantitative estimate of drug-likeness (QED) is 0.636. The monoisotopic (exact) mass is 238 g/mol. The van der Waals surface area contributed by atoms with Crippen LogP contribution in [0.15, 0.2) is 0 Å². The number of urea groups is 1. The van der Waals surface area contributed by atoms with Gasteiger partial charge in [0.1, 0.15) is 0 Å². The molecule has 0 aliphatic carbocycles. The highest BCUT2D eigenvalue weighted by atomic mass is 16.2. The minimum Gasteiger partial charge on any atom is -0.331 e. The fourth-order valence-electron chi connectivity index (χ4n) is 3.43. The van der Waals surface area contributed by atoms with Crippen molar-refractivity contribution in [2.45, 2.75) is 58.5 Å². The molecule has 0 aromatic rings. The molecule has 0 radical (unpaired) electrons. The fraction of sp³-hybridized carbons (Fsp3) is 0.929. The number of amides is 2. The number of fused-ring (bicyclic) bond motifs is 2. The molecule has 2 bridgehead atoms. The summed E-state index contributed by atoms with van der Waals surface area (Å²) in [5, 5.41) is 0. The summed E-state index contributed by atoms with van der Waals surface area (Å²) < 4.78 is 0. The molecule has 2 heterocycles. The van der Waals surface area contributed by atoms with Gasteiger partial charge in [-0.3, -0.25) is 0 Å². The third kappa shape index (κ3) is 2.29. The summed E-state index contributed by atoms with van der Waals surface area (Å²) in [6.07, 6.45) is 4.80. The standard InChI is InChI=1S/C14H26N2O/c1-14(2,3)10-8-11-6-7-12(9-10)16(11)13(17)15(4)5/h10-12H,6-9H2,1-5H3/t10?,11-,12?/m0/s1. The number of rotatable bonds is 0. The van der Waals surface area contributed by atoms with Crippen molar-refractivity contribution in [2.24, 2.45) is 11.3 Å². The fourth-order valence-corrected chi connectivity index (χ4v) is 3.43. The van der Waals surface area contributed by atoms with E-state index in [4.69, 9.17) is 0 Å². The number of carbonyl (C=O) groups is 1. The van der Waals surface area contributed by atoms with E-state index in [1.165, 1.54) is 25.7 Å². The molecule has 2 saturated heterocycles. The minimum absolute atomic E-state index is 0.213. The summed E-state index contributed by atoms with van der Waals surface area (Å²) in [5.41, 5.74) is 0.383. The van der Waals surface area contributed by atoms with Crippen LogP contribution in [0.1, 0.15) is 46.5 Å². The molecule has 3 atom stereocenters. The number of nitrogens with zero attached hydrogens (tertiary/aromatic N) is 2. The van der Waals surface area contributed by atoms with Crippen LogP contribution < -0.4 is 0 Å². The van der Waals surface area contributed by atoms with Gasteiger partial charge in [0, 0.05) is 26.2 Å². The van der Waals surface area contributed by atoms with E-state index in [1.807, 2.05) is 14.1 Å². The summed E-state index contributed by atoms with van der Waals surface area (Å²) >= 11 is 0. The smallest absolute Gasteiger partial charge is 0.319 e. The van der Waals surface area contributed by atoms with Crippen molar-refractivity contribution in [3.63, 3.8) is 0 Å². The zero-order valence-electron chi connectivity index (χ0n) is 11.9. The van der Waals surface area contributed by atoms with Crippen molar-refractivity contribution < 1.29 is 4.79 Å². The Labute approximate surface area is 105 Å². The first-order valence-corrected chi connectivity index (χ1v) is 6.80. The third-order valence-electron chi connectivity index (χ3n) is 4.56. The molecule has 2 unspecified atom stereocenters.